The summed E-state index contributed by atoms with van der Waals surface area (Å²) in [7, 11) is -3.65. The molecule has 156 valence electrons. The smallest absolute Gasteiger partial charge is 0.251 e. The van der Waals surface area contributed by atoms with Gasteiger partial charge in [-0.2, -0.15) is 4.31 Å². The molecule has 7 nitrogen and oxygen atoms in total. The van der Waals surface area contributed by atoms with Gasteiger partial charge in [-0.25, -0.2) is 8.42 Å². The van der Waals surface area contributed by atoms with Crippen molar-refractivity contribution in [3.63, 3.8) is 0 Å². The highest BCUT2D eigenvalue weighted by molar-refractivity contribution is 7.89. The van der Waals surface area contributed by atoms with Crippen molar-refractivity contribution in [2.24, 2.45) is 0 Å². The Balaban J connectivity index is 1.62. The second kappa shape index (κ2) is 9.39. The molecule has 2 aromatic carbocycles. The van der Waals surface area contributed by atoms with Crippen LogP contribution in [0.5, 0.6) is 5.75 Å². The molecule has 0 spiro atoms. The molecule has 1 saturated heterocycles. The number of ether oxygens (including phenoxy) is 2. The third-order valence-electron chi connectivity index (χ3n) is 4.74. The van der Waals surface area contributed by atoms with Crippen LogP contribution in [0.4, 0.5) is 0 Å². The van der Waals surface area contributed by atoms with Crippen LogP contribution < -0.4 is 10.1 Å². The molecule has 0 aromatic heterocycles. The molecule has 0 saturated carbocycles. The van der Waals surface area contributed by atoms with Crippen molar-refractivity contribution in [3.8, 4) is 5.75 Å². The number of nitrogens with zero attached hydrogens (tertiary/aromatic N) is 1. The number of carbonyl (C=O) groups is 1. The van der Waals surface area contributed by atoms with E-state index in [4.69, 9.17) is 9.47 Å². The van der Waals surface area contributed by atoms with Gasteiger partial charge in [0.2, 0.25) is 10.0 Å². The predicted molar refractivity (Wildman–Crippen MR) is 110 cm³/mol. The van der Waals surface area contributed by atoms with Crippen LogP contribution >= 0.6 is 0 Å². The molecule has 1 amide bonds. The second-order valence-corrected chi connectivity index (χ2v) is 8.85. The number of nitrogens with one attached hydrogen (secondary N) is 1. The van der Waals surface area contributed by atoms with Gasteiger partial charge in [-0.3, -0.25) is 4.79 Å². The lowest BCUT2D eigenvalue weighted by Gasteiger charge is -2.26. The van der Waals surface area contributed by atoms with Crippen LogP contribution in [-0.2, 0) is 14.8 Å². The number of aryl methyl sites for hydroxylation is 2. The summed E-state index contributed by atoms with van der Waals surface area (Å²) in [6.07, 6.45) is 0. The van der Waals surface area contributed by atoms with Crippen LogP contribution in [0.3, 0.4) is 0 Å². The number of amides is 1. The number of carbonyl (C=O) groups excluding carboxylic acids is 1. The van der Waals surface area contributed by atoms with Gasteiger partial charge in [0.25, 0.3) is 5.91 Å². The molecule has 1 aliphatic rings. The number of sulfonamides is 1. The Kier molecular flexibility index (Phi) is 6.89. The van der Waals surface area contributed by atoms with Crippen LogP contribution in [0.15, 0.2) is 47.4 Å². The minimum absolute atomic E-state index is 0.117. The third kappa shape index (κ3) is 5.35. The topological polar surface area (TPSA) is 84.9 Å². The summed E-state index contributed by atoms with van der Waals surface area (Å²) < 4.78 is 37.9. The Hall–Kier alpha value is -2.42. The summed E-state index contributed by atoms with van der Waals surface area (Å²) in [5.41, 5.74) is 2.20. The summed E-state index contributed by atoms with van der Waals surface area (Å²) in [5.74, 6) is 0.411. The van der Waals surface area contributed by atoms with Crippen molar-refractivity contribution in [2.75, 3.05) is 39.5 Å². The van der Waals surface area contributed by atoms with E-state index >= 15 is 0 Å². The van der Waals surface area contributed by atoms with E-state index in [1.807, 2.05) is 31.2 Å². The van der Waals surface area contributed by atoms with Gasteiger partial charge in [-0.05, 0) is 43.7 Å². The molecule has 3 rings (SSSR count). The van der Waals surface area contributed by atoms with Crippen LogP contribution in [0.1, 0.15) is 21.5 Å². The summed E-state index contributed by atoms with van der Waals surface area (Å²) in [5, 5.41) is 2.79. The van der Waals surface area contributed by atoms with Crippen molar-refractivity contribution in [3.05, 3.63) is 59.2 Å². The average molecular weight is 419 g/mol. The fourth-order valence-electron chi connectivity index (χ4n) is 3.01. The summed E-state index contributed by atoms with van der Waals surface area (Å²) in [6.45, 7) is 5.79. The molecular weight excluding hydrogens is 392 g/mol. The summed E-state index contributed by atoms with van der Waals surface area (Å²) in [4.78, 5) is 12.7. The maximum atomic E-state index is 12.8. The lowest BCUT2D eigenvalue weighted by Crippen LogP contribution is -2.40. The zero-order chi connectivity index (χ0) is 20.9. The monoisotopic (exact) mass is 418 g/mol. The number of benzene rings is 2. The molecule has 0 radical (unpaired) electrons. The SMILES string of the molecule is Cc1ccc(OCCNC(=O)c2cc(S(=O)(=O)N3CCOCC3)ccc2C)cc1. The van der Waals surface area contributed by atoms with E-state index in [0.717, 1.165) is 11.3 Å². The van der Waals surface area contributed by atoms with E-state index in [9.17, 15) is 13.2 Å². The van der Waals surface area contributed by atoms with E-state index < -0.39 is 10.0 Å². The first kappa shape index (κ1) is 21.3. The van der Waals surface area contributed by atoms with Gasteiger partial charge in [0.1, 0.15) is 12.4 Å². The van der Waals surface area contributed by atoms with Gasteiger partial charge in [-0.1, -0.05) is 23.8 Å². The Morgan fingerprint density at radius 3 is 2.48 bits per heavy atom. The first-order valence-electron chi connectivity index (χ1n) is 9.54. The average Bonchev–Trinajstić information content (AvgIpc) is 2.73. The maximum absolute atomic E-state index is 12.8. The van der Waals surface area contributed by atoms with Crippen LogP contribution in [0.2, 0.25) is 0 Å². The number of hydrogen-bond donors (Lipinski definition) is 1. The van der Waals surface area contributed by atoms with Crippen molar-refractivity contribution in [1.82, 2.24) is 9.62 Å². The number of rotatable bonds is 7. The molecule has 1 fully saturated rings. The van der Waals surface area contributed by atoms with E-state index in [0.29, 0.717) is 50.6 Å². The van der Waals surface area contributed by atoms with Gasteiger partial charge >= 0.3 is 0 Å². The molecule has 8 heteroatoms. The van der Waals surface area contributed by atoms with Gasteiger partial charge in [0.15, 0.2) is 0 Å². The molecule has 0 unspecified atom stereocenters. The van der Waals surface area contributed by atoms with Crippen molar-refractivity contribution in [2.45, 2.75) is 18.7 Å². The second-order valence-electron chi connectivity index (χ2n) is 6.91. The van der Waals surface area contributed by atoms with E-state index in [1.54, 1.807) is 13.0 Å². The zero-order valence-corrected chi connectivity index (χ0v) is 17.5. The zero-order valence-electron chi connectivity index (χ0n) is 16.7. The first-order chi connectivity index (χ1) is 13.9. The molecule has 0 atom stereocenters. The standard InChI is InChI=1S/C21H26N2O5S/c1-16-3-6-18(7-4-16)28-12-9-22-21(24)20-15-19(8-5-17(20)2)29(25,26)23-10-13-27-14-11-23/h3-8,15H,9-14H2,1-2H3,(H,22,24). The Morgan fingerprint density at radius 1 is 1.10 bits per heavy atom. The largest absolute Gasteiger partial charge is 0.492 e. The molecule has 1 aliphatic heterocycles. The number of hydrogen-bond acceptors (Lipinski definition) is 5. The highest BCUT2D eigenvalue weighted by atomic mass is 32.2. The van der Waals surface area contributed by atoms with Gasteiger partial charge in [0.05, 0.1) is 24.7 Å². The van der Waals surface area contributed by atoms with Crippen molar-refractivity contribution >= 4 is 15.9 Å². The summed E-state index contributed by atoms with van der Waals surface area (Å²) in [6, 6.07) is 12.3. The molecule has 29 heavy (non-hydrogen) atoms. The predicted octanol–water partition coefficient (Wildman–Crippen LogP) is 2.13. The van der Waals surface area contributed by atoms with Crippen LogP contribution in [0.25, 0.3) is 0 Å². The van der Waals surface area contributed by atoms with Gasteiger partial charge in [-0.15, -0.1) is 0 Å². The van der Waals surface area contributed by atoms with E-state index in [2.05, 4.69) is 5.32 Å². The Labute approximate surface area is 171 Å². The van der Waals surface area contributed by atoms with E-state index in [1.165, 1.54) is 16.4 Å². The molecule has 0 aliphatic carbocycles. The maximum Gasteiger partial charge on any atom is 0.251 e. The first-order valence-corrected chi connectivity index (χ1v) is 11.0. The normalized spacial score (nSPS) is 15.1. The molecule has 1 N–H and O–H groups in total. The molecule has 1 heterocycles. The minimum atomic E-state index is -3.65. The Bertz CT molecular complexity index is 952. The van der Waals surface area contributed by atoms with Crippen molar-refractivity contribution in [1.29, 1.82) is 0 Å². The highest BCUT2D eigenvalue weighted by Gasteiger charge is 2.27. The molecular formula is C21H26N2O5S. The summed E-state index contributed by atoms with van der Waals surface area (Å²) >= 11 is 0. The fourth-order valence-corrected chi connectivity index (χ4v) is 4.44. The van der Waals surface area contributed by atoms with Crippen molar-refractivity contribution < 1.29 is 22.7 Å². The fraction of sp³-hybridized carbons (Fsp3) is 0.381. The number of morpholine rings is 1. The highest BCUT2D eigenvalue weighted by Crippen LogP contribution is 2.20. The third-order valence-corrected chi connectivity index (χ3v) is 6.63. The van der Waals surface area contributed by atoms with Crippen LogP contribution in [-0.4, -0.2) is 58.1 Å². The lowest BCUT2D eigenvalue weighted by molar-refractivity contribution is 0.0730. The van der Waals surface area contributed by atoms with Gasteiger partial charge in [0, 0.05) is 18.7 Å². The van der Waals surface area contributed by atoms with E-state index in [-0.39, 0.29) is 10.8 Å². The Morgan fingerprint density at radius 2 is 1.79 bits per heavy atom. The molecule has 0 bridgehead atoms. The van der Waals surface area contributed by atoms with Gasteiger partial charge < -0.3 is 14.8 Å². The van der Waals surface area contributed by atoms with Crippen LogP contribution in [0, 0.1) is 13.8 Å². The minimum Gasteiger partial charge on any atom is -0.492 e. The lowest BCUT2D eigenvalue weighted by atomic mass is 10.1. The molecule has 2 aromatic rings. The quantitative estimate of drug-likeness (QED) is 0.697.